The molecular weight excluding hydrogens is 294 g/mol. The van der Waals surface area contributed by atoms with E-state index in [0.717, 1.165) is 13.1 Å². The van der Waals surface area contributed by atoms with Gasteiger partial charge in [0, 0.05) is 38.3 Å². The number of aryl methyl sites for hydroxylation is 1. The molecule has 0 radical (unpaired) electrons. The minimum absolute atomic E-state index is 0.116. The van der Waals surface area contributed by atoms with Crippen molar-refractivity contribution in [2.45, 2.75) is 20.3 Å². The third kappa shape index (κ3) is 4.55. The van der Waals surface area contributed by atoms with E-state index >= 15 is 0 Å². The summed E-state index contributed by atoms with van der Waals surface area (Å²) < 4.78 is 0. The lowest BCUT2D eigenvalue weighted by molar-refractivity contribution is -0.139. The molecule has 1 N–H and O–H groups in total. The van der Waals surface area contributed by atoms with Gasteiger partial charge in [-0.25, -0.2) is 0 Å². The predicted molar refractivity (Wildman–Crippen MR) is 88.3 cm³/mol. The van der Waals surface area contributed by atoms with Crippen LogP contribution in [0.3, 0.4) is 0 Å². The van der Waals surface area contributed by atoms with Gasteiger partial charge in [-0.15, -0.1) is 0 Å². The molecule has 1 aliphatic rings. The van der Waals surface area contributed by atoms with Gasteiger partial charge in [0.05, 0.1) is 6.54 Å². The first kappa shape index (κ1) is 17.0. The van der Waals surface area contributed by atoms with Crippen molar-refractivity contribution in [3.05, 3.63) is 29.8 Å². The van der Waals surface area contributed by atoms with E-state index < -0.39 is 11.7 Å². The largest absolute Gasteiger partial charge is 0.368 e. The number of ketones is 1. The number of rotatable bonds is 5. The zero-order valence-corrected chi connectivity index (χ0v) is 13.7. The molecule has 0 saturated carbocycles. The van der Waals surface area contributed by atoms with E-state index in [2.05, 4.69) is 35.3 Å². The molecule has 0 bridgehead atoms. The molecule has 0 unspecified atom stereocenters. The van der Waals surface area contributed by atoms with Crippen LogP contribution in [0, 0.1) is 6.92 Å². The number of hydrogen-bond donors (Lipinski definition) is 1. The molecule has 0 aliphatic carbocycles. The van der Waals surface area contributed by atoms with Crippen molar-refractivity contribution in [2.75, 3.05) is 37.6 Å². The highest BCUT2D eigenvalue weighted by molar-refractivity contribution is 6.36. The molecule has 2 rings (SSSR count). The second-order valence-electron chi connectivity index (χ2n) is 5.67. The second-order valence-corrected chi connectivity index (χ2v) is 5.67. The fraction of sp³-hybridized carbons (Fsp3) is 0.471. The molecule has 1 heterocycles. The minimum atomic E-state index is -0.681. The van der Waals surface area contributed by atoms with Crippen molar-refractivity contribution < 1.29 is 14.4 Å². The number of benzene rings is 1. The molecule has 6 heteroatoms. The summed E-state index contributed by atoms with van der Waals surface area (Å²) in [5.41, 5.74) is 2.38. The highest BCUT2D eigenvalue weighted by Crippen LogP contribution is 2.17. The van der Waals surface area contributed by atoms with Crippen LogP contribution in [0.25, 0.3) is 0 Å². The van der Waals surface area contributed by atoms with Crippen LogP contribution in [-0.2, 0) is 14.4 Å². The predicted octanol–water partition coefficient (Wildman–Crippen LogP) is 0.739. The number of nitrogens with zero attached hydrogens (tertiary/aromatic N) is 2. The van der Waals surface area contributed by atoms with Crippen molar-refractivity contribution in [3.63, 3.8) is 0 Å². The first-order valence-corrected chi connectivity index (χ1v) is 7.91. The number of nitrogens with one attached hydrogen (secondary N) is 1. The lowest BCUT2D eigenvalue weighted by Gasteiger charge is -2.36. The van der Waals surface area contributed by atoms with Crippen molar-refractivity contribution in [2.24, 2.45) is 0 Å². The normalized spacial score (nSPS) is 14.5. The van der Waals surface area contributed by atoms with Crippen LogP contribution in [0.5, 0.6) is 0 Å². The Morgan fingerprint density at radius 3 is 2.43 bits per heavy atom. The third-order valence-electron chi connectivity index (χ3n) is 3.97. The Labute approximate surface area is 136 Å². The quantitative estimate of drug-likeness (QED) is 0.813. The number of anilines is 1. The zero-order chi connectivity index (χ0) is 16.8. The van der Waals surface area contributed by atoms with Crippen LogP contribution in [-0.4, -0.2) is 55.2 Å². The van der Waals surface area contributed by atoms with Gasteiger partial charge in [-0.1, -0.05) is 19.1 Å². The molecular formula is C17H23N3O3. The van der Waals surface area contributed by atoms with Crippen LogP contribution in [0.4, 0.5) is 5.69 Å². The van der Waals surface area contributed by atoms with E-state index in [4.69, 9.17) is 0 Å². The Morgan fingerprint density at radius 2 is 1.83 bits per heavy atom. The van der Waals surface area contributed by atoms with Crippen molar-refractivity contribution in [3.8, 4) is 0 Å². The van der Waals surface area contributed by atoms with Crippen molar-refractivity contribution in [1.82, 2.24) is 10.2 Å². The molecule has 6 nitrogen and oxygen atoms in total. The van der Waals surface area contributed by atoms with Crippen molar-refractivity contribution >= 4 is 23.3 Å². The molecule has 2 amide bonds. The molecule has 1 aromatic rings. The molecule has 0 atom stereocenters. The van der Waals surface area contributed by atoms with E-state index in [1.807, 2.05) is 6.07 Å². The first-order valence-electron chi connectivity index (χ1n) is 7.91. The Kier molecular flexibility index (Phi) is 5.73. The van der Waals surface area contributed by atoms with Crippen LogP contribution in [0.1, 0.15) is 18.9 Å². The second kappa shape index (κ2) is 7.76. The van der Waals surface area contributed by atoms with Gasteiger partial charge in [-0.3, -0.25) is 14.4 Å². The smallest absolute Gasteiger partial charge is 0.287 e. The van der Waals surface area contributed by atoms with Crippen LogP contribution in [0.2, 0.25) is 0 Å². The molecule has 1 saturated heterocycles. The topological polar surface area (TPSA) is 69.7 Å². The summed E-state index contributed by atoms with van der Waals surface area (Å²) in [6.45, 7) is 6.32. The van der Waals surface area contributed by atoms with Crippen LogP contribution >= 0.6 is 0 Å². The number of carbonyl (C=O) groups excluding carboxylic acids is 3. The van der Waals surface area contributed by atoms with Crippen molar-refractivity contribution in [1.29, 1.82) is 0 Å². The summed E-state index contributed by atoms with van der Waals surface area (Å²) in [6.07, 6.45) is 0.148. The fourth-order valence-electron chi connectivity index (χ4n) is 2.57. The van der Waals surface area contributed by atoms with Gasteiger partial charge in [0.2, 0.25) is 11.7 Å². The molecule has 1 aromatic carbocycles. The number of Topliss-reactive ketones (excluding diaryl/α,β-unsaturated/α-hetero) is 1. The number of carbonyl (C=O) groups is 3. The Morgan fingerprint density at radius 1 is 1.13 bits per heavy atom. The number of piperazine rings is 1. The maximum absolute atomic E-state index is 12.1. The fourth-order valence-corrected chi connectivity index (χ4v) is 2.57. The highest BCUT2D eigenvalue weighted by atomic mass is 16.2. The summed E-state index contributed by atoms with van der Waals surface area (Å²) in [5, 5.41) is 2.39. The van der Waals surface area contributed by atoms with E-state index in [-0.39, 0.29) is 18.9 Å². The van der Waals surface area contributed by atoms with E-state index in [0.29, 0.717) is 13.1 Å². The SMILES string of the molecule is CCC(=O)C(=O)NCC(=O)N1CCN(c2cccc(C)c2)CC1. The van der Waals surface area contributed by atoms with Gasteiger partial charge in [-0.2, -0.15) is 0 Å². The van der Waals surface area contributed by atoms with E-state index in [1.54, 1.807) is 11.8 Å². The van der Waals surface area contributed by atoms with Gasteiger partial charge in [-0.05, 0) is 24.6 Å². The minimum Gasteiger partial charge on any atom is -0.368 e. The Bertz CT molecular complexity index is 593. The van der Waals surface area contributed by atoms with Gasteiger partial charge in [0.25, 0.3) is 5.91 Å². The maximum atomic E-state index is 12.1. The molecule has 1 fully saturated rings. The average molecular weight is 317 g/mol. The monoisotopic (exact) mass is 317 g/mol. The van der Waals surface area contributed by atoms with Gasteiger partial charge in [0.1, 0.15) is 0 Å². The molecule has 0 aromatic heterocycles. The summed E-state index contributed by atoms with van der Waals surface area (Å²) in [7, 11) is 0. The Balaban J connectivity index is 1.81. The molecule has 124 valence electrons. The summed E-state index contributed by atoms with van der Waals surface area (Å²) in [4.78, 5) is 38.6. The number of amides is 2. The standard InChI is InChI=1S/C17H23N3O3/c1-3-15(21)17(23)18-12-16(22)20-9-7-19(8-10-20)14-6-4-5-13(2)11-14/h4-6,11H,3,7-10,12H2,1-2H3,(H,18,23). The highest BCUT2D eigenvalue weighted by Gasteiger charge is 2.22. The van der Waals surface area contributed by atoms with Crippen LogP contribution in [0.15, 0.2) is 24.3 Å². The Hall–Kier alpha value is -2.37. The first-order chi connectivity index (χ1) is 11.0. The lowest BCUT2D eigenvalue weighted by Crippen LogP contribution is -2.51. The van der Waals surface area contributed by atoms with Gasteiger partial charge in [0.15, 0.2) is 0 Å². The number of hydrogen-bond acceptors (Lipinski definition) is 4. The molecule has 1 aliphatic heterocycles. The molecule has 0 spiro atoms. The lowest BCUT2D eigenvalue weighted by atomic mass is 10.2. The molecule has 23 heavy (non-hydrogen) atoms. The van der Waals surface area contributed by atoms with Crippen LogP contribution < -0.4 is 10.2 Å². The maximum Gasteiger partial charge on any atom is 0.287 e. The summed E-state index contributed by atoms with van der Waals surface area (Å²) >= 11 is 0. The summed E-state index contributed by atoms with van der Waals surface area (Å²) in [6, 6.07) is 8.29. The van der Waals surface area contributed by atoms with E-state index in [1.165, 1.54) is 11.3 Å². The summed E-state index contributed by atoms with van der Waals surface area (Å²) in [5.74, 6) is -1.33. The third-order valence-corrected chi connectivity index (χ3v) is 3.97. The zero-order valence-electron chi connectivity index (χ0n) is 13.7. The van der Waals surface area contributed by atoms with Gasteiger partial charge >= 0.3 is 0 Å². The van der Waals surface area contributed by atoms with E-state index in [9.17, 15) is 14.4 Å². The average Bonchev–Trinajstić information content (AvgIpc) is 2.58. The van der Waals surface area contributed by atoms with Gasteiger partial charge < -0.3 is 15.1 Å².